The van der Waals surface area contributed by atoms with Crippen molar-refractivity contribution in [2.45, 2.75) is 19.8 Å². The van der Waals surface area contributed by atoms with E-state index in [9.17, 15) is 9.59 Å². The Bertz CT molecular complexity index is 831. The number of aryl methyl sites for hydroxylation is 1. The maximum Gasteiger partial charge on any atom is 0.355 e. The summed E-state index contributed by atoms with van der Waals surface area (Å²) in [7, 11) is 0. The van der Waals surface area contributed by atoms with E-state index >= 15 is 0 Å². The SMILES string of the molecule is C=CC(=O)OCCCSCCCOc1ccc2c(C)c(Cl)c(=O)oc2c1. The molecule has 0 aliphatic rings. The van der Waals surface area contributed by atoms with Crippen molar-refractivity contribution in [3.05, 3.63) is 51.9 Å². The minimum atomic E-state index is -0.538. The summed E-state index contributed by atoms with van der Waals surface area (Å²) in [4.78, 5) is 22.5. The monoisotopic (exact) mass is 396 g/mol. The van der Waals surface area contributed by atoms with Gasteiger partial charge in [-0.15, -0.1) is 0 Å². The van der Waals surface area contributed by atoms with Gasteiger partial charge in [0.05, 0.1) is 13.2 Å². The van der Waals surface area contributed by atoms with Gasteiger partial charge in [-0.2, -0.15) is 11.8 Å². The Morgan fingerprint density at radius 1 is 1.31 bits per heavy atom. The molecular formula is C19H21ClO5S. The van der Waals surface area contributed by atoms with E-state index in [4.69, 9.17) is 25.5 Å². The predicted molar refractivity (Wildman–Crippen MR) is 105 cm³/mol. The number of hydrogen-bond donors (Lipinski definition) is 0. The van der Waals surface area contributed by atoms with E-state index in [2.05, 4.69) is 6.58 Å². The van der Waals surface area contributed by atoms with E-state index in [1.54, 1.807) is 24.8 Å². The number of esters is 1. The normalized spacial score (nSPS) is 10.7. The first-order valence-electron chi connectivity index (χ1n) is 8.25. The van der Waals surface area contributed by atoms with E-state index < -0.39 is 5.63 Å². The Labute approximate surface area is 161 Å². The summed E-state index contributed by atoms with van der Waals surface area (Å²) in [6, 6.07) is 5.39. The number of carbonyl (C=O) groups is 1. The summed E-state index contributed by atoms with van der Waals surface area (Å²) in [5.74, 6) is 2.15. The fourth-order valence-corrected chi connectivity index (χ4v) is 3.24. The molecule has 1 aromatic heterocycles. The molecule has 0 spiro atoms. The van der Waals surface area contributed by atoms with Crippen molar-refractivity contribution in [1.82, 2.24) is 0 Å². The van der Waals surface area contributed by atoms with Crippen LogP contribution in [0.1, 0.15) is 18.4 Å². The van der Waals surface area contributed by atoms with Gasteiger partial charge in [-0.25, -0.2) is 9.59 Å². The molecule has 7 heteroatoms. The predicted octanol–water partition coefficient (Wildman–Crippen LogP) is 4.38. The van der Waals surface area contributed by atoms with Crippen molar-refractivity contribution in [3.63, 3.8) is 0 Å². The second kappa shape index (κ2) is 10.3. The van der Waals surface area contributed by atoms with Gasteiger partial charge in [0.15, 0.2) is 0 Å². The lowest BCUT2D eigenvalue weighted by atomic mass is 10.1. The minimum Gasteiger partial charge on any atom is -0.493 e. The van der Waals surface area contributed by atoms with Gasteiger partial charge in [0.1, 0.15) is 16.4 Å². The van der Waals surface area contributed by atoms with Crippen LogP contribution < -0.4 is 10.4 Å². The Morgan fingerprint density at radius 3 is 2.77 bits per heavy atom. The number of ether oxygens (including phenoxy) is 2. The van der Waals surface area contributed by atoms with Crippen molar-refractivity contribution in [2.24, 2.45) is 0 Å². The van der Waals surface area contributed by atoms with Crippen LogP contribution in [0.4, 0.5) is 0 Å². The molecule has 2 rings (SSSR count). The zero-order chi connectivity index (χ0) is 18.9. The van der Waals surface area contributed by atoms with Crippen molar-refractivity contribution < 1.29 is 18.7 Å². The number of fused-ring (bicyclic) bond motifs is 1. The van der Waals surface area contributed by atoms with Crippen LogP contribution in [0.3, 0.4) is 0 Å². The number of hydrogen-bond acceptors (Lipinski definition) is 6. The van der Waals surface area contributed by atoms with Crippen molar-refractivity contribution in [1.29, 1.82) is 0 Å². The first kappa shape index (κ1) is 20.4. The second-order valence-corrected chi connectivity index (χ2v) is 7.13. The van der Waals surface area contributed by atoms with Crippen molar-refractivity contribution in [3.8, 4) is 5.75 Å². The quantitative estimate of drug-likeness (QED) is 0.257. The summed E-state index contributed by atoms with van der Waals surface area (Å²) in [5, 5.41) is 0.914. The van der Waals surface area contributed by atoms with Gasteiger partial charge >= 0.3 is 11.6 Å². The van der Waals surface area contributed by atoms with Crippen LogP contribution in [0.5, 0.6) is 5.75 Å². The van der Waals surface area contributed by atoms with Crippen LogP contribution in [0.25, 0.3) is 11.0 Å². The van der Waals surface area contributed by atoms with Gasteiger partial charge in [-0.05, 0) is 49.0 Å². The maximum absolute atomic E-state index is 11.7. The van der Waals surface area contributed by atoms with E-state index in [0.29, 0.717) is 30.1 Å². The lowest BCUT2D eigenvalue weighted by Gasteiger charge is -2.08. The largest absolute Gasteiger partial charge is 0.493 e. The standard InChI is InChI=1S/C19H21ClO5S/c1-3-17(21)24-9-5-11-26-10-4-8-23-14-6-7-15-13(2)18(20)19(22)25-16(15)12-14/h3,6-7,12H,1,4-5,8-11H2,2H3. The van der Waals surface area contributed by atoms with Gasteiger partial charge in [0, 0.05) is 17.5 Å². The topological polar surface area (TPSA) is 65.7 Å². The highest BCUT2D eigenvalue weighted by molar-refractivity contribution is 7.99. The molecule has 26 heavy (non-hydrogen) atoms. The average Bonchev–Trinajstić information content (AvgIpc) is 2.64. The highest BCUT2D eigenvalue weighted by atomic mass is 35.5. The third-order valence-electron chi connectivity index (χ3n) is 3.61. The summed E-state index contributed by atoms with van der Waals surface area (Å²) >= 11 is 7.70. The Kier molecular flexibility index (Phi) is 8.06. The second-order valence-electron chi connectivity index (χ2n) is 5.53. The minimum absolute atomic E-state index is 0.113. The molecule has 0 saturated carbocycles. The van der Waals surface area contributed by atoms with E-state index in [1.165, 1.54) is 6.08 Å². The molecule has 0 atom stereocenters. The van der Waals surface area contributed by atoms with Gasteiger partial charge < -0.3 is 13.9 Å². The molecule has 0 fully saturated rings. The first-order chi connectivity index (χ1) is 12.5. The smallest absolute Gasteiger partial charge is 0.355 e. The van der Waals surface area contributed by atoms with Crippen LogP contribution >= 0.6 is 23.4 Å². The van der Waals surface area contributed by atoms with Gasteiger partial charge in [-0.1, -0.05) is 18.2 Å². The maximum atomic E-state index is 11.7. The summed E-state index contributed by atoms with van der Waals surface area (Å²) in [5.41, 5.74) is 0.640. The highest BCUT2D eigenvalue weighted by Crippen LogP contribution is 2.26. The highest BCUT2D eigenvalue weighted by Gasteiger charge is 2.09. The number of carbonyl (C=O) groups excluding carboxylic acids is 1. The number of thioether (sulfide) groups is 1. The molecule has 5 nitrogen and oxygen atoms in total. The molecule has 1 heterocycles. The number of benzene rings is 1. The molecule has 0 aliphatic heterocycles. The molecule has 0 amide bonds. The fraction of sp³-hybridized carbons (Fsp3) is 0.368. The molecule has 0 radical (unpaired) electrons. The summed E-state index contributed by atoms with van der Waals surface area (Å²) in [6.45, 7) is 6.12. The summed E-state index contributed by atoms with van der Waals surface area (Å²) in [6.07, 6.45) is 2.87. The van der Waals surface area contributed by atoms with Gasteiger partial charge in [-0.3, -0.25) is 0 Å². The van der Waals surface area contributed by atoms with Crippen LogP contribution in [-0.4, -0.2) is 30.7 Å². The molecule has 0 bridgehead atoms. The molecule has 0 saturated heterocycles. The third-order valence-corrected chi connectivity index (χ3v) is 5.21. The third kappa shape index (κ3) is 5.81. The zero-order valence-electron chi connectivity index (χ0n) is 14.6. The van der Waals surface area contributed by atoms with Crippen molar-refractivity contribution >= 4 is 40.3 Å². The molecule has 1 aromatic carbocycles. The van der Waals surface area contributed by atoms with Crippen molar-refractivity contribution in [2.75, 3.05) is 24.7 Å². The lowest BCUT2D eigenvalue weighted by molar-refractivity contribution is -0.137. The zero-order valence-corrected chi connectivity index (χ0v) is 16.2. The number of halogens is 1. The van der Waals surface area contributed by atoms with Crippen LogP contribution in [0.15, 0.2) is 40.1 Å². The molecule has 2 aromatic rings. The molecule has 140 valence electrons. The summed E-state index contributed by atoms with van der Waals surface area (Å²) < 4.78 is 15.8. The van der Waals surface area contributed by atoms with Gasteiger partial charge in [0.2, 0.25) is 0 Å². The van der Waals surface area contributed by atoms with Crippen LogP contribution in [0.2, 0.25) is 5.02 Å². The Morgan fingerprint density at radius 2 is 2.04 bits per heavy atom. The van der Waals surface area contributed by atoms with Gasteiger partial charge in [0.25, 0.3) is 0 Å². The van der Waals surface area contributed by atoms with E-state index in [-0.39, 0.29) is 11.0 Å². The van der Waals surface area contributed by atoms with E-state index in [0.717, 1.165) is 29.7 Å². The van der Waals surface area contributed by atoms with Crippen LogP contribution in [-0.2, 0) is 9.53 Å². The molecular weight excluding hydrogens is 376 g/mol. The first-order valence-corrected chi connectivity index (χ1v) is 9.79. The fourth-order valence-electron chi connectivity index (χ4n) is 2.25. The lowest BCUT2D eigenvalue weighted by Crippen LogP contribution is -2.04. The Balaban J connectivity index is 1.70. The molecule has 0 aliphatic carbocycles. The molecule has 0 N–H and O–H groups in total. The van der Waals surface area contributed by atoms with Crippen LogP contribution in [0, 0.1) is 6.92 Å². The Hall–Kier alpha value is -1.92. The van der Waals surface area contributed by atoms with E-state index in [1.807, 2.05) is 12.1 Å². The molecule has 0 unspecified atom stereocenters. The number of rotatable bonds is 10. The average molecular weight is 397 g/mol.